The molecule has 2 aromatic carbocycles. The Morgan fingerprint density at radius 1 is 1.24 bits per heavy atom. The average molecular weight is 480 g/mol. The number of nitrogens with zero attached hydrogens (tertiary/aromatic N) is 1. The van der Waals surface area contributed by atoms with Crippen LogP contribution in [0.25, 0.3) is 0 Å². The largest absolute Gasteiger partial charge is 0.327 e. The lowest BCUT2D eigenvalue weighted by Crippen LogP contribution is -2.46. The SMILES string of the molecule is CC1=C(C(=O)Nc2ccc(C)c(Cl)c2)[C@@H](c2ccc(Br)c([N+](=O)[O-])c2)NC(=O)N1. The highest BCUT2D eigenvalue weighted by Crippen LogP contribution is 2.33. The fourth-order valence-electron chi connectivity index (χ4n) is 2.96. The number of carbonyl (C=O) groups is 2. The molecule has 0 bridgehead atoms. The van der Waals surface area contributed by atoms with Crippen LogP contribution in [0.4, 0.5) is 16.2 Å². The molecule has 0 spiro atoms. The first-order valence-electron chi connectivity index (χ1n) is 8.47. The maximum Gasteiger partial charge on any atom is 0.319 e. The van der Waals surface area contributed by atoms with Crippen molar-refractivity contribution in [3.63, 3.8) is 0 Å². The molecule has 1 heterocycles. The van der Waals surface area contributed by atoms with Crippen LogP contribution in [0, 0.1) is 17.0 Å². The molecule has 1 aliphatic rings. The molecule has 3 N–H and O–H groups in total. The second kappa shape index (κ2) is 8.22. The van der Waals surface area contributed by atoms with E-state index in [0.717, 1.165) is 5.56 Å². The number of carbonyl (C=O) groups excluding carboxylic acids is 2. The molecule has 0 aliphatic carbocycles. The molecular weight excluding hydrogens is 464 g/mol. The fraction of sp³-hybridized carbons (Fsp3) is 0.158. The van der Waals surface area contributed by atoms with Gasteiger partial charge in [-0.3, -0.25) is 14.9 Å². The Balaban J connectivity index is 2.00. The number of rotatable bonds is 4. The minimum atomic E-state index is -0.864. The van der Waals surface area contributed by atoms with Crippen molar-refractivity contribution in [1.82, 2.24) is 10.6 Å². The van der Waals surface area contributed by atoms with Gasteiger partial charge >= 0.3 is 6.03 Å². The summed E-state index contributed by atoms with van der Waals surface area (Å²) in [7, 11) is 0. The van der Waals surface area contributed by atoms with E-state index in [1.807, 2.05) is 6.92 Å². The zero-order chi connectivity index (χ0) is 21.3. The lowest BCUT2D eigenvalue weighted by Gasteiger charge is -2.28. The maximum atomic E-state index is 13.0. The van der Waals surface area contributed by atoms with Crippen molar-refractivity contribution in [2.45, 2.75) is 19.9 Å². The Labute approximate surface area is 179 Å². The standard InChI is InChI=1S/C19H16BrClN4O4/c1-9-3-5-12(8-14(9)21)23-18(26)16-10(2)22-19(27)24-17(16)11-4-6-13(20)15(7-11)25(28)29/h3-8,17H,1-2H3,(H,23,26)(H2,22,24,27)/t17-/m1/s1. The number of benzene rings is 2. The molecule has 0 saturated heterocycles. The molecule has 10 heteroatoms. The van der Waals surface area contributed by atoms with E-state index < -0.39 is 22.9 Å². The van der Waals surface area contributed by atoms with Crippen molar-refractivity contribution < 1.29 is 14.5 Å². The van der Waals surface area contributed by atoms with Crippen LogP contribution in [-0.2, 0) is 4.79 Å². The predicted molar refractivity (Wildman–Crippen MR) is 113 cm³/mol. The third kappa shape index (κ3) is 4.41. The van der Waals surface area contributed by atoms with Crippen molar-refractivity contribution >= 4 is 50.8 Å². The summed E-state index contributed by atoms with van der Waals surface area (Å²) in [6.45, 7) is 3.44. The molecule has 3 amide bonds. The molecule has 0 unspecified atom stereocenters. The van der Waals surface area contributed by atoms with E-state index in [1.165, 1.54) is 12.1 Å². The number of nitro benzene ring substituents is 1. The number of hydrogen-bond acceptors (Lipinski definition) is 4. The average Bonchev–Trinajstić information content (AvgIpc) is 2.64. The van der Waals surface area contributed by atoms with Crippen LogP contribution >= 0.6 is 27.5 Å². The molecule has 0 saturated carbocycles. The molecule has 29 heavy (non-hydrogen) atoms. The summed E-state index contributed by atoms with van der Waals surface area (Å²) in [6, 6.07) is 8.18. The van der Waals surface area contributed by atoms with Gasteiger partial charge in [-0.2, -0.15) is 0 Å². The van der Waals surface area contributed by atoms with Gasteiger partial charge in [-0.25, -0.2) is 4.79 Å². The number of urea groups is 1. The Bertz CT molecular complexity index is 1070. The van der Waals surface area contributed by atoms with Gasteiger partial charge in [-0.1, -0.05) is 23.7 Å². The van der Waals surface area contributed by atoms with Crippen molar-refractivity contribution in [3.8, 4) is 0 Å². The van der Waals surface area contributed by atoms with Crippen LogP contribution < -0.4 is 16.0 Å². The van der Waals surface area contributed by atoms with Crippen LogP contribution in [0.5, 0.6) is 0 Å². The van der Waals surface area contributed by atoms with E-state index in [0.29, 0.717) is 26.4 Å². The number of allylic oxidation sites excluding steroid dienone is 1. The first-order chi connectivity index (χ1) is 13.7. The molecular formula is C19H16BrClN4O4. The van der Waals surface area contributed by atoms with E-state index in [9.17, 15) is 19.7 Å². The highest BCUT2D eigenvalue weighted by atomic mass is 79.9. The lowest BCUT2D eigenvalue weighted by molar-refractivity contribution is -0.385. The monoisotopic (exact) mass is 478 g/mol. The zero-order valence-electron chi connectivity index (χ0n) is 15.4. The Morgan fingerprint density at radius 3 is 2.62 bits per heavy atom. The van der Waals surface area contributed by atoms with Gasteiger partial charge in [0.05, 0.1) is 21.0 Å². The van der Waals surface area contributed by atoms with Gasteiger partial charge in [0.1, 0.15) is 0 Å². The van der Waals surface area contributed by atoms with Gasteiger partial charge in [0, 0.05) is 22.5 Å². The van der Waals surface area contributed by atoms with E-state index >= 15 is 0 Å². The van der Waals surface area contributed by atoms with Crippen molar-refractivity contribution in [1.29, 1.82) is 0 Å². The molecule has 0 fully saturated rings. The summed E-state index contributed by atoms with van der Waals surface area (Å²) < 4.78 is 0.299. The molecule has 1 atom stereocenters. The number of anilines is 1. The molecule has 0 aromatic heterocycles. The number of halogens is 2. The van der Waals surface area contributed by atoms with Gasteiger partial charge in [-0.15, -0.1) is 0 Å². The lowest BCUT2D eigenvalue weighted by atomic mass is 9.94. The summed E-state index contributed by atoms with van der Waals surface area (Å²) in [4.78, 5) is 35.7. The highest BCUT2D eigenvalue weighted by molar-refractivity contribution is 9.10. The second-order valence-electron chi connectivity index (χ2n) is 6.46. The van der Waals surface area contributed by atoms with Gasteiger partial charge in [0.15, 0.2) is 0 Å². The molecule has 2 aromatic rings. The number of nitro groups is 1. The molecule has 150 valence electrons. The second-order valence-corrected chi connectivity index (χ2v) is 7.72. The minimum Gasteiger partial charge on any atom is -0.327 e. The zero-order valence-corrected chi connectivity index (χ0v) is 17.7. The third-order valence-electron chi connectivity index (χ3n) is 4.44. The van der Waals surface area contributed by atoms with Gasteiger partial charge in [-0.05, 0) is 59.1 Å². The Kier molecular flexibility index (Phi) is 5.90. The molecule has 1 aliphatic heterocycles. The molecule has 3 rings (SSSR count). The summed E-state index contributed by atoms with van der Waals surface area (Å²) in [5.41, 5.74) is 2.17. The van der Waals surface area contributed by atoms with Gasteiger partial charge in [0.2, 0.25) is 0 Å². The van der Waals surface area contributed by atoms with E-state index in [-0.39, 0.29) is 11.3 Å². The quantitative estimate of drug-likeness (QED) is 0.440. The fourth-order valence-corrected chi connectivity index (χ4v) is 3.54. The van der Waals surface area contributed by atoms with Crippen molar-refractivity contribution in [2.24, 2.45) is 0 Å². The van der Waals surface area contributed by atoms with Gasteiger partial charge in [0.25, 0.3) is 11.6 Å². The summed E-state index contributed by atoms with van der Waals surface area (Å²) in [5.74, 6) is -0.467. The van der Waals surface area contributed by atoms with Gasteiger partial charge < -0.3 is 16.0 Å². The number of amides is 3. The first kappa shape index (κ1) is 20.8. The minimum absolute atomic E-state index is 0.169. The number of hydrogen-bond donors (Lipinski definition) is 3. The van der Waals surface area contributed by atoms with Crippen LogP contribution in [0.1, 0.15) is 24.1 Å². The van der Waals surface area contributed by atoms with Crippen molar-refractivity contribution in [2.75, 3.05) is 5.32 Å². The summed E-state index contributed by atoms with van der Waals surface area (Å²) in [6.07, 6.45) is 0. The number of aryl methyl sites for hydroxylation is 1. The third-order valence-corrected chi connectivity index (χ3v) is 5.52. The summed E-state index contributed by atoms with van der Waals surface area (Å²) in [5, 5.41) is 19.8. The number of nitrogens with one attached hydrogen (secondary N) is 3. The Hall–Kier alpha value is -2.91. The van der Waals surface area contributed by atoms with Crippen LogP contribution in [0.3, 0.4) is 0 Å². The first-order valence-corrected chi connectivity index (χ1v) is 9.64. The smallest absolute Gasteiger partial charge is 0.319 e. The summed E-state index contributed by atoms with van der Waals surface area (Å²) >= 11 is 9.25. The maximum absolute atomic E-state index is 13.0. The molecule has 8 nitrogen and oxygen atoms in total. The highest BCUT2D eigenvalue weighted by Gasteiger charge is 2.32. The topological polar surface area (TPSA) is 113 Å². The van der Waals surface area contributed by atoms with E-state index in [2.05, 4.69) is 31.9 Å². The van der Waals surface area contributed by atoms with Crippen LogP contribution in [0.15, 0.2) is 52.1 Å². The normalized spacial score (nSPS) is 16.1. The Morgan fingerprint density at radius 2 is 1.97 bits per heavy atom. The molecule has 0 radical (unpaired) electrons. The van der Waals surface area contributed by atoms with E-state index in [4.69, 9.17) is 11.6 Å². The van der Waals surface area contributed by atoms with Crippen LogP contribution in [-0.4, -0.2) is 16.9 Å². The predicted octanol–water partition coefficient (Wildman–Crippen LogP) is 4.59. The van der Waals surface area contributed by atoms with E-state index in [1.54, 1.807) is 31.2 Å². The van der Waals surface area contributed by atoms with Crippen molar-refractivity contribution in [3.05, 3.63) is 78.4 Å². The van der Waals surface area contributed by atoms with Crippen LogP contribution in [0.2, 0.25) is 5.02 Å².